The number of nitrogens with one attached hydrogen (secondary N) is 1. The summed E-state index contributed by atoms with van der Waals surface area (Å²) in [5.74, 6) is 1.35. The van der Waals surface area contributed by atoms with E-state index in [4.69, 9.17) is 14.1 Å². The molecule has 1 saturated carbocycles. The van der Waals surface area contributed by atoms with Gasteiger partial charge in [0.05, 0.1) is 49.4 Å². The fourth-order valence-corrected chi connectivity index (χ4v) is 8.37. The molecule has 1 aliphatic carbocycles. The number of carbonyl (C=O) groups excluding carboxylic acids is 1. The zero-order chi connectivity index (χ0) is 33.8. The Labute approximate surface area is 288 Å². The van der Waals surface area contributed by atoms with E-state index < -0.39 is 6.43 Å². The number of alkyl halides is 2. The molecule has 2 atom stereocenters. The second-order valence-electron chi connectivity index (χ2n) is 14.3. The summed E-state index contributed by atoms with van der Waals surface area (Å²) in [6, 6.07) is 9.90. The van der Waals surface area contributed by atoms with Gasteiger partial charge in [-0.1, -0.05) is 0 Å². The van der Waals surface area contributed by atoms with Gasteiger partial charge >= 0.3 is 0 Å². The van der Waals surface area contributed by atoms with Crippen molar-refractivity contribution in [2.45, 2.75) is 56.7 Å². The summed E-state index contributed by atoms with van der Waals surface area (Å²) in [7, 11) is 0. The number of aromatic nitrogens is 5. The number of fused-ring (bicyclic) bond motifs is 4. The molecule has 3 aliphatic heterocycles. The van der Waals surface area contributed by atoms with E-state index in [0.29, 0.717) is 41.9 Å². The van der Waals surface area contributed by atoms with Crippen molar-refractivity contribution < 1.29 is 22.7 Å². The number of piperazine rings is 1. The maximum absolute atomic E-state index is 14.4. The van der Waals surface area contributed by atoms with Crippen LogP contribution in [0.3, 0.4) is 0 Å². The topological polar surface area (TPSA) is 109 Å². The van der Waals surface area contributed by atoms with Gasteiger partial charge in [-0.3, -0.25) is 14.4 Å². The molecule has 4 aliphatic rings. The highest BCUT2D eigenvalue weighted by Crippen LogP contribution is 2.38. The number of carbonyl (C=O) groups is 1. The highest BCUT2D eigenvalue weighted by atomic mass is 19.3. The van der Waals surface area contributed by atoms with Gasteiger partial charge in [-0.05, 0) is 62.3 Å². The lowest BCUT2D eigenvalue weighted by atomic mass is 9.85. The van der Waals surface area contributed by atoms with Crippen molar-refractivity contribution in [3.63, 3.8) is 0 Å². The first-order valence-corrected chi connectivity index (χ1v) is 17.8. The number of amides is 1. The lowest BCUT2D eigenvalue weighted by Gasteiger charge is -2.38. The van der Waals surface area contributed by atoms with E-state index in [1.54, 1.807) is 27.9 Å². The first kappa shape index (κ1) is 31.6. The molecule has 50 heavy (non-hydrogen) atoms. The van der Waals surface area contributed by atoms with Crippen molar-refractivity contribution in [1.82, 2.24) is 34.2 Å². The van der Waals surface area contributed by atoms with Crippen molar-refractivity contribution in [2.75, 3.05) is 62.6 Å². The number of furan rings is 1. The normalized spacial score (nSPS) is 24.7. The largest absolute Gasteiger partial charge is 0.464 e. The third-order valence-corrected chi connectivity index (χ3v) is 11.1. The zero-order valence-electron chi connectivity index (χ0n) is 27.8. The Morgan fingerprint density at radius 1 is 1.00 bits per heavy atom. The monoisotopic (exact) mass is 685 g/mol. The van der Waals surface area contributed by atoms with Crippen molar-refractivity contribution in [3.05, 3.63) is 60.9 Å². The molecular weight excluding hydrogens is 644 g/mol. The summed E-state index contributed by atoms with van der Waals surface area (Å²) in [6.45, 7) is 6.41. The third-order valence-electron chi connectivity index (χ3n) is 11.1. The quantitative estimate of drug-likeness (QED) is 0.223. The van der Waals surface area contributed by atoms with Gasteiger partial charge in [0.15, 0.2) is 5.65 Å². The number of benzene rings is 1. The van der Waals surface area contributed by atoms with Gasteiger partial charge < -0.3 is 24.3 Å². The minimum absolute atomic E-state index is 0.0219. The molecule has 0 radical (unpaired) electrons. The fourth-order valence-electron chi connectivity index (χ4n) is 8.37. The number of anilines is 2. The maximum Gasteiger partial charge on any atom is 0.282 e. The minimum atomic E-state index is -2.71. The molecule has 1 amide bonds. The molecule has 2 bridgehead atoms. The number of halogens is 2. The van der Waals surface area contributed by atoms with Crippen molar-refractivity contribution in [3.8, 4) is 11.1 Å². The molecule has 3 saturated heterocycles. The van der Waals surface area contributed by atoms with Gasteiger partial charge in [0, 0.05) is 74.4 Å². The average Bonchev–Trinajstić information content (AvgIpc) is 3.97. The van der Waals surface area contributed by atoms with Crippen LogP contribution in [-0.2, 0) is 9.53 Å². The summed E-state index contributed by atoms with van der Waals surface area (Å²) in [5.41, 5.74) is 2.82. The van der Waals surface area contributed by atoms with E-state index in [9.17, 15) is 13.6 Å². The molecule has 1 N–H and O–H groups in total. The van der Waals surface area contributed by atoms with Crippen LogP contribution in [0.1, 0.15) is 50.3 Å². The number of ether oxygens (including phenoxy) is 1. The molecule has 2 unspecified atom stereocenters. The van der Waals surface area contributed by atoms with Crippen LogP contribution in [0.4, 0.5) is 20.3 Å². The van der Waals surface area contributed by atoms with Gasteiger partial charge in [-0.2, -0.15) is 10.2 Å². The fraction of sp³-hybridized carbons (Fsp3) is 0.500. The minimum Gasteiger partial charge on any atom is -0.464 e. The SMILES string of the molecule is O=C(CN1CCN(CC2CCC(n3cc(-c4cnn5ccc(N6CC7CC6CO7)nc45)c(C(F)F)n3)CC2)CC1)Nc1ccc2ccoc2c1. The summed E-state index contributed by atoms with van der Waals surface area (Å²) >= 11 is 0. The van der Waals surface area contributed by atoms with Gasteiger partial charge in [-0.15, -0.1) is 0 Å². The smallest absolute Gasteiger partial charge is 0.282 e. The van der Waals surface area contributed by atoms with E-state index in [1.165, 1.54) is 0 Å². The molecule has 14 heteroatoms. The molecular formula is C36H41F2N9O3. The maximum atomic E-state index is 14.4. The Kier molecular flexibility index (Phi) is 8.24. The van der Waals surface area contributed by atoms with Gasteiger partial charge in [0.2, 0.25) is 5.91 Å². The molecule has 4 aromatic heterocycles. The highest BCUT2D eigenvalue weighted by molar-refractivity contribution is 5.94. The molecule has 4 fully saturated rings. The van der Waals surface area contributed by atoms with Crippen molar-refractivity contribution in [1.29, 1.82) is 0 Å². The molecule has 0 spiro atoms. The number of rotatable bonds is 9. The summed E-state index contributed by atoms with van der Waals surface area (Å²) in [4.78, 5) is 24.6. The predicted molar refractivity (Wildman–Crippen MR) is 183 cm³/mol. The second-order valence-corrected chi connectivity index (χ2v) is 14.3. The second kappa shape index (κ2) is 13.1. The van der Waals surface area contributed by atoms with Crippen LogP contribution in [0.25, 0.3) is 27.7 Å². The predicted octanol–water partition coefficient (Wildman–Crippen LogP) is 5.24. The Balaban J connectivity index is 0.792. The van der Waals surface area contributed by atoms with E-state index in [2.05, 4.69) is 30.2 Å². The number of morpholine rings is 1. The lowest BCUT2D eigenvalue weighted by Crippen LogP contribution is -2.49. The van der Waals surface area contributed by atoms with E-state index in [1.807, 2.05) is 36.5 Å². The molecule has 9 rings (SSSR count). The summed E-state index contributed by atoms with van der Waals surface area (Å²) in [5, 5.41) is 12.9. The van der Waals surface area contributed by atoms with Crippen LogP contribution in [0.2, 0.25) is 0 Å². The highest BCUT2D eigenvalue weighted by Gasteiger charge is 2.40. The van der Waals surface area contributed by atoms with E-state index in [0.717, 1.165) is 93.8 Å². The van der Waals surface area contributed by atoms with Crippen LogP contribution in [0.15, 0.2) is 59.6 Å². The average molecular weight is 686 g/mol. The Morgan fingerprint density at radius 3 is 2.62 bits per heavy atom. The van der Waals surface area contributed by atoms with Crippen LogP contribution < -0.4 is 10.2 Å². The zero-order valence-corrected chi connectivity index (χ0v) is 27.8. The molecule has 262 valence electrons. The van der Waals surface area contributed by atoms with Crippen LogP contribution in [-0.4, -0.2) is 105 Å². The number of nitrogens with zero attached hydrogens (tertiary/aromatic N) is 8. The number of hydrogen-bond donors (Lipinski definition) is 1. The van der Waals surface area contributed by atoms with Crippen LogP contribution in [0, 0.1) is 5.92 Å². The van der Waals surface area contributed by atoms with E-state index >= 15 is 0 Å². The van der Waals surface area contributed by atoms with Crippen molar-refractivity contribution >= 4 is 34.0 Å². The summed E-state index contributed by atoms with van der Waals surface area (Å²) in [6.07, 6.45) is 9.27. The molecule has 1 aromatic carbocycles. The first-order chi connectivity index (χ1) is 24.4. The first-order valence-electron chi connectivity index (χ1n) is 17.8. The lowest BCUT2D eigenvalue weighted by molar-refractivity contribution is -0.117. The standard InChI is InChI=1S/C36H41F2N9O3/c37-35(38)34-30(29-17-39-46-9-7-32(41-36(29)46)45-19-28-16-27(45)22-50-28)20-47(42-34)26-5-1-23(2-6-26)18-43-10-12-44(13-11-43)21-33(48)40-25-4-3-24-8-14-49-31(24)15-25/h3-4,7-9,14-15,17,20,23,26-28,35H,1-2,5-6,10-13,16,18-19,21-22H2,(H,40,48). The summed E-state index contributed by atoms with van der Waals surface area (Å²) < 4.78 is 43.4. The molecule has 7 heterocycles. The Morgan fingerprint density at radius 2 is 1.84 bits per heavy atom. The van der Waals surface area contributed by atoms with Crippen LogP contribution in [0.5, 0.6) is 0 Å². The number of hydrogen-bond acceptors (Lipinski definition) is 9. The van der Waals surface area contributed by atoms with Gasteiger partial charge in [0.1, 0.15) is 17.1 Å². The van der Waals surface area contributed by atoms with Gasteiger partial charge in [0.25, 0.3) is 6.43 Å². The molecule has 5 aromatic rings. The third kappa shape index (κ3) is 6.13. The van der Waals surface area contributed by atoms with E-state index in [-0.39, 0.29) is 23.7 Å². The van der Waals surface area contributed by atoms with Crippen LogP contribution >= 0.6 is 0 Å². The molecule has 12 nitrogen and oxygen atoms in total. The van der Waals surface area contributed by atoms with Crippen molar-refractivity contribution in [2.24, 2.45) is 5.92 Å². The Hall–Kier alpha value is -4.40. The Bertz CT molecular complexity index is 1990. The van der Waals surface area contributed by atoms with Gasteiger partial charge in [-0.25, -0.2) is 18.3 Å².